The maximum atomic E-state index is 13.5. The number of carbonyl (C=O) groups is 3. The van der Waals surface area contributed by atoms with E-state index in [4.69, 9.17) is 4.52 Å². The molecule has 1 aliphatic carbocycles. The fraction of sp³-hybridized carbons (Fsp3) is 0.407. The van der Waals surface area contributed by atoms with Crippen molar-refractivity contribution in [2.45, 2.75) is 59.4 Å². The summed E-state index contributed by atoms with van der Waals surface area (Å²) in [6, 6.07) is 10.3. The minimum absolute atomic E-state index is 0.00413. The number of aromatic carboxylic acids is 1. The second-order valence-corrected chi connectivity index (χ2v) is 10.8. The van der Waals surface area contributed by atoms with Gasteiger partial charge in [0.2, 0.25) is 11.7 Å². The molecule has 0 spiro atoms. The van der Waals surface area contributed by atoms with Crippen LogP contribution in [0.3, 0.4) is 0 Å². The van der Waals surface area contributed by atoms with Crippen LogP contribution in [-0.2, 0) is 4.79 Å². The number of amides is 2. The standard InChI is InChI=1S/C27H31N3O5S/c1-15(2)30(26(32)19-7-5-16(3)6-8-19)21-14-23(36-24(21)27(33)34)18-9-11-20(12-10-18)28-25(31)22-13-17(4)29-35-22/h9-16,19H,5-8H2,1-4H3,(H,28,31)(H,33,34). The molecule has 1 saturated carbocycles. The predicted molar refractivity (Wildman–Crippen MR) is 140 cm³/mol. The van der Waals surface area contributed by atoms with E-state index in [1.807, 2.05) is 26.0 Å². The SMILES string of the molecule is Cc1cc(C(=O)Nc2ccc(-c3cc(N(C(=O)C4CCC(C)CC4)C(C)C)c(C(=O)O)s3)cc2)on1. The molecule has 0 saturated heterocycles. The van der Waals surface area contributed by atoms with Crippen LogP contribution in [0.1, 0.15) is 72.4 Å². The number of carbonyl (C=O) groups excluding carboxylic acids is 2. The molecular weight excluding hydrogens is 478 g/mol. The van der Waals surface area contributed by atoms with Crippen molar-refractivity contribution in [2.75, 3.05) is 10.2 Å². The Balaban J connectivity index is 1.58. The third-order valence-corrected chi connectivity index (χ3v) is 7.73. The summed E-state index contributed by atoms with van der Waals surface area (Å²) in [6.07, 6.45) is 3.71. The average molecular weight is 510 g/mol. The summed E-state index contributed by atoms with van der Waals surface area (Å²) < 4.78 is 4.99. The van der Waals surface area contributed by atoms with Gasteiger partial charge in [-0.05, 0) is 76.1 Å². The summed E-state index contributed by atoms with van der Waals surface area (Å²) in [6.45, 7) is 7.78. The first kappa shape index (κ1) is 25.6. The summed E-state index contributed by atoms with van der Waals surface area (Å²) in [5.41, 5.74) is 2.42. The van der Waals surface area contributed by atoms with Gasteiger partial charge in [-0.3, -0.25) is 9.59 Å². The number of hydrogen-bond donors (Lipinski definition) is 2. The lowest BCUT2D eigenvalue weighted by Crippen LogP contribution is -2.42. The van der Waals surface area contributed by atoms with Crippen molar-refractivity contribution in [2.24, 2.45) is 11.8 Å². The molecule has 1 fully saturated rings. The number of anilines is 2. The first-order valence-corrected chi connectivity index (χ1v) is 13.0. The number of carboxylic acid groups (broad SMARTS) is 1. The monoisotopic (exact) mass is 509 g/mol. The van der Waals surface area contributed by atoms with Crippen LogP contribution in [0, 0.1) is 18.8 Å². The molecule has 0 unspecified atom stereocenters. The highest BCUT2D eigenvalue weighted by Gasteiger charge is 2.33. The molecule has 0 aliphatic heterocycles. The molecule has 9 heteroatoms. The number of thiophene rings is 1. The molecule has 1 aromatic carbocycles. The first-order chi connectivity index (χ1) is 17.1. The molecule has 1 aliphatic rings. The number of benzene rings is 1. The van der Waals surface area contributed by atoms with Gasteiger partial charge < -0.3 is 19.8 Å². The molecule has 0 radical (unpaired) electrons. The van der Waals surface area contributed by atoms with Crippen molar-refractivity contribution in [1.29, 1.82) is 0 Å². The Labute approximate surface area is 214 Å². The van der Waals surface area contributed by atoms with Crippen LogP contribution in [0.5, 0.6) is 0 Å². The number of carboxylic acids is 1. The van der Waals surface area contributed by atoms with Crippen LogP contribution in [0.4, 0.5) is 11.4 Å². The van der Waals surface area contributed by atoms with Gasteiger partial charge in [0, 0.05) is 28.6 Å². The van der Waals surface area contributed by atoms with Gasteiger partial charge in [0.15, 0.2) is 0 Å². The minimum atomic E-state index is -1.05. The highest BCUT2D eigenvalue weighted by molar-refractivity contribution is 7.18. The lowest BCUT2D eigenvalue weighted by atomic mass is 9.82. The van der Waals surface area contributed by atoms with E-state index >= 15 is 0 Å². The van der Waals surface area contributed by atoms with Gasteiger partial charge >= 0.3 is 5.97 Å². The van der Waals surface area contributed by atoms with E-state index in [0.717, 1.165) is 47.5 Å². The average Bonchev–Trinajstić information content (AvgIpc) is 3.47. The van der Waals surface area contributed by atoms with Crippen LogP contribution in [0.2, 0.25) is 0 Å². The number of rotatable bonds is 7. The maximum absolute atomic E-state index is 13.5. The highest BCUT2D eigenvalue weighted by atomic mass is 32.1. The van der Waals surface area contributed by atoms with Gasteiger partial charge in [0.1, 0.15) is 4.88 Å². The van der Waals surface area contributed by atoms with Gasteiger partial charge in [0.25, 0.3) is 5.91 Å². The molecule has 3 aromatic rings. The zero-order valence-corrected chi connectivity index (χ0v) is 21.7. The Bertz CT molecular complexity index is 1250. The van der Waals surface area contributed by atoms with E-state index in [2.05, 4.69) is 17.4 Å². The van der Waals surface area contributed by atoms with Crippen molar-refractivity contribution >= 4 is 40.5 Å². The highest BCUT2D eigenvalue weighted by Crippen LogP contribution is 2.40. The quantitative estimate of drug-likeness (QED) is 0.390. The number of nitrogens with zero attached hydrogens (tertiary/aromatic N) is 2. The molecule has 0 atom stereocenters. The summed E-state index contributed by atoms with van der Waals surface area (Å²) in [5.74, 6) is -0.789. The van der Waals surface area contributed by atoms with Crippen LogP contribution in [-0.4, -0.2) is 34.1 Å². The summed E-state index contributed by atoms with van der Waals surface area (Å²) in [5, 5.41) is 16.4. The van der Waals surface area contributed by atoms with E-state index in [9.17, 15) is 19.5 Å². The summed E-state index contributed by atoms with van der Waals surface area (Å²) in [4.78, 5) is 40.5. The second-order valence-electron chi connectivity index (χ2n) is 9.75. The minimum Gasteiger partial charge on any atom is -0.477 e. The summed E-state index contributed by atoms with van der Waals surface area (Å²) in [7, 11) is 0. The molecule has 8 nitrogen and oxygen atoms in total. The molecule has 2 amide bonds. The molecular formula is C27H31N3O5S. The Morgan fingerprint density at radius 3 is 2.33 bits per heavy atom. The maximum Gasteiger partial charge on any atom is 0.348 e. The zero-order chi connectivity index (χ0) is 26.0. The lowest BCUT2D eigenvalue weighted by molar-refractivity contribution is -0.123. The molecule has 2 N–H and O–H groups in total. The number of aromatic nitrogens is 1. The first-order valence-electron chi connectivity index (χ1n) is 12.2. The Morgan fingerprint density at radius 1 is 1.11 bits per heavy atom. The van der Waals surface area contributed by atoms with Crippen molar-refractivity contribution in [1.82, 2.24) is 5.16 Å². The van der Waals surface area contributed by atoms with E-state index in [1.54, 1.807) is 36.1 Å². The lowest BCUT2D eigenvalue weighted by Gasteiger charge is -2.33. The predicted octanol–water partition coefficient (Wildman–Crippen LogP) is 6.23. The molecule has 36 heavy (non-hydrogen) atoms. The Morgan fingerprint density at radius 2 is 1.78 bits per heavy atom. The van der Waals surface area contributed by atoms with E-state index in [-0.39, 0.29) is 28.5 Å². The van der Waals surface area contributed by atoms with Gasteiger partial charge in [-0.15, -0.1) is 11.3 Å². The van der Waals surface area contributed by atoms with Crippen LogP contribution >= 0.6 is 11.3 Å². The number of hydrogen-bond acceptors (Lipinski definition) is 6. The zero-order valence-electron chi connectivity index (χ0n) is 20.9. The van der Waals surface area contributed by atoms with E-state index < -0.39 is 11.9 Å². The normalized spacial score (nSPS) is 17.7. The fourth-order valence-electron chi connectivity index (χ4n) is 4.59. The topological polar surface area (TPSA) is 113 Å². The van der Waals surface area contributed by atoms with Gasteiger partial charge in [-0.1, -0.05) is 24.2 Å². The smallest absolute Gasteiger partial charge is 0.348 e. The van der Waals surface area contributed by atoms with Crippen molar-refractivity contribution in [3.8, 4) is 10.4 Å². The molecule has 4 rings (SSSR count). The van der Waals surface area contributed by atoms with Crippen molar-refractivity contribution in [3.05, 3.63) is 52.7 Å². The van der Waals surface area contributed by atoms with E-state index in [0.29, 0.717) is 23.0 Å². The Hall–Kier alpha value is -3.46. The third-order valence-electron chi connectivity index (χ3n) is 6.56. The second kappa shape index (κ2) is 10.7. The molecule has 2 aromatic heterocycles. The number of nitrogens with one attached hydrogen (secondary N) is 1. The van der Waals surface area contributed by atoms with E-state index in [1.165, 1.54) is 0 Å². The molecule has 190 valence electrons. The van der Waals surface area contributed by atoms with Crippen LogP contribution in [0.15, 0.2) is 40.9 Å². The number of aryl methyl sites for hydroxylation is 1. The summed E-state index contributed by atoms with van der Waals surface area (Å²) >= 11 is 1.15. The van der Waals surface area contributed by atoms with Gasteiger partial charge in [0.05, 0.1) is 11.4 Å². The fourth-order valence-corrected chi connectivity index (χ4v) is 5.59. The van der Waals surface area contributed by atoms with Gasteiger partial charge in [-0.25, -0.2) is 4.79 Å². The third kappa shape index (κ3) is 5.51. The van der Waals surface area contributed by atoms with Crippen LogP contribution < -0.4 is 10.2 Å². The Kier molecular flexibility index (Phi) is 7.59. The van der Waals surface area contributed by atoms with Gasteiger partial charge in [-0.2, -0.15) is 0 Å². The van der Waals surface area contributed by atoms with Crippen LogP contribution in [0.25, 0.3) is 10.4 Å². The van der Waals surface area contributed by atoms with Crippen molar-refractivity contribution in [3.63, 3.8) is 0 Å². The molecule has 2 heterocycles. The largest absolute Gasteiger partial charge is 0.477 e. The van der Waals surface area contributed by atoms with Crippen molar-refractivity contribution < 1.29 is 24.0 Å². The molecule has 0 bridgehead atoms.